The van der Waals surface area contributed by atoms with Gasteiger partial charge in [0.25, 0.3) is 0 Å². The van der Waals surface area contributed by atoms with E-state index in [1.54, 1.807) is 0 Å². The van der Waals surface area contributed by atoms with Crippen LogP contribution < -0.4 is 4.90 Å². The molecule has 0 aliphatic heterocycles. The molecule has 0 atom stereocenters. The summed E-state index contributed by atoms with van der Waals surface area (Å²) in [5.41, 5.74) is 8.96. The lowest BCUT2D eigenvalue weighted by Crippen LogP contribution is -2.11. The first kappa shape index (κ1) is 36.6. The zero-order valence-electron chi connectivity index (χ0n) is 28.6. The Kier molecular flexibility index (Phi) is 12.8. The fourth-order valence-corrected chi connectivity index (χ4v) is 6.99. The Morgan fingerprint density at radius 1 is 0.431 bits per heavy atom. The first-order chi connectivity index (χ1) is 24.9. The molecule has 0 N–H and O–H groups in total. The lowest BCUT2D eigenvalue weighted by molar-refractivity contribution is 1.17. The van der Waals surface area contributed by atoms with Crippen LogP contribution in [0.4, 0.5) is 17.1 Å². The molecule has 0 aliphatic rings. The van der Waals surface area contributed by atoms with Crippen LogP contribution in [0, 0.1) is 17.4 Å². The van der Waals surface area contributed by atoms with E-state index in [9.17, 15) is 0 Å². The fourth-order valence-electron chi connectivity index (χ4n) is 6.11. The molecular weight excluding hydrogens is 865 g/mol. The number of hydrogen-bond acceptors (Lipinski definition) is 1. The summed E-state index contributed by atoms with van der Waals surface area (Å²) in [4.78, 5) is 2.34. The maximum atomic E-state index is 3.54. The molecule has 0 heterocycles. The van der Waals surface area contributed by atoms with Gasteiger partial charge in [-0.25, -0.2) is 0 Å². The van der Waals surface area contributed by atoms with Crippen molar-refractivity contribution in [1.82, 2.24) is 0 Å². The fraction of sp³-hybridized carbons (Fsp3) is 0.0638. The number of fused-ring (bicyclic) bond motifs is 2. The first-order valence-corrected chi connectivity index (χ1v) is 19.5. The summed E-state index contributed by atoms with van der Waals surface area (Å²) in [5, 5.41) is 5.18. The molecule has 0 aromatic heterocycles. The van der Waals surface area contributed by atoms with E-state index in [4.69, 9.17) is 0 Å². The minimum absolute atomic E-state index is 1.01. The predicted molar refractivity (Wildman–Crippen MR) is 236 cm³/mol. The van der Waals surface area contributed by atoms with Gasteiger partial charge in [0.05, 0.1) is 5.69 Å². The van der Waals surface area contributed by atoms with Gasteiger partial charge in [-0.1, -0.05) is 153 Å². The maximum absolute atomic E-state index is 3.54. The number of hydrogen-bond donors (Lipinski definition) is 0. The maximum Gasteiger partial charge on any atom is 0.0540 e. The van der Waals surface area contributed by atoms with Gasteiger partial charge in [-0.3, -0.25) is 0 Å². The predicted octanol–water partition coefficient (Wildman–Crippen LogP) is 15.2. The number of halogens is 3. The van der Waals surface area contributed by atoms with Crippen LogP contribution in [-0.2, 0) is 6.42 Å². The van der Waals surface area contributed by atoms with Gasteiger partial charge in [0.2, 0.25) is 0 Å². The van der Waals surface area contributed by atoms with E-state index in [2.05, 4.69) is 243 Å². The van der Waals surface area contributed by atoms with Crippen LogP contribution in [-0.4, -0.2) is 0 Å². The van der Waals surface area contributed by atoms with E-state index in [1.165, 1.54) is 58.7 Å². The van der Waals surface area contributed by atoms with Crippen molar-refractivity contribution >= 4 is 93.1 Å². The van der Waals surface area contributed by atoms with E-state index in [1.807, 2.05) is 12.1 Å². The number of para-hydroxylation sites is 1. The van der Waals surface area contributed by atoms with Crippen molar-refractivity contribution in [3.8, 4) is 0 Å². The average molecular weight is 904 g/mol. The molecule has 0 fully saturated rings. The molecule has 1 nitrogen and oxygen atoms in total. The molecule has 0 saturated carbocycles. The second-order valence-corrected chi connectivity index (χ2v) is 15.4. The highest BCUT2D eigenvalue weighted by molar-refractivity contribution is 14.1. The van der Waals surface area contributed by atoms with Gasteiger partial charge >= 0.3 is 0 Å². The number of aryl methyl sites for hydroxylation is 2. The van der Waals surface area contributed by atoms with Crippen molar-refractivity contribution in [2.75, 3.05) is 4.90 Å². The van der Waals surface area contributed by atoms with Crippen LogP contribution in [0.2, 0.25) is 0 Å². The van der Waals surface area contributed by atoms with Crippen molar-refractivity contribution in [2.24, 2.45) is 0 Å². The minimum Gasteiger partial charge on any atom is -0.310 e. The van der Waals surface area contributed by atoms with Crippen LogP contribution in [0.25, 0.3) is 21.5 Å². The quantitative estimate of drug-likeness (QED) is 0.156. The van der Waals surface area contributed by atoms with Gasteiger partial charge < -0.3 is 4.90 Å². The van der Waals surface area contributed by atoms with Crippen LogP contribution in [0.1, 0.15) is 22.3 Å². The summed E-state index contributed by atoms with van der Waals surface area (Å²) in [6, 6.07) is 64.0. The molecule has 0 bridgehead atoms. The van der Waals surface area contributed by atoms with Crippen LogP contribution in [0.3, 0.4) is 0 Å². The lowest BCUT2D eigenvalue weighted by Gasteiger charge is -2.28. The van der Waals surface area contributed by atoms with Gasteiger partial charge in [0, 0.05) is 29.3 Å². The Labute approximate surface area is 332 Å². The molecule has 0 saturated heterocycles. The Hall–Kier alpha value is -4.23. The molecule has 0 unspecified atom stereocenters. The Morgan fingerprint density at radius 3 is 1.55 bits per heavy atom. The van der Waals surface area contributed by atoms with E-state index in [0.717, 1.165) is 21.1 Å². The van der Waals surface area contributed by atoms with Gasteiger partial charge in [-0.05, 0) is 142 Å². The van der Waals surface area contributed by atoms with Crippen LogP contribution in [0.5, 0.6) is 0 Å². The average Bonchev–Trinajstić information content (AvgIpc) is 3.16. The van der Waals surface area contributed by atoms with Crippen molar-refractivity contribution in [2.45, 2.75) is 20.3 Å². The molecule has 252 valence electrons. The number of benzene rings is 8. The van der Waals surface area contributed by atoms with Gasteiger partial charge in [-0.2, -0.15) is 0 Å². The Morgan fingerprint density at radius 2 is 0.902 bits per heavy atom. The topological polar surface area (TPSA) is 3.24 Å². The third-order valence-electron chi connectivity index (χ3n) is 8.77. The number of rotatable bonds is 5. The molecule has 0 spiro atoms. The monoisotopic (exact) mass is 901 g/mol. The number of nitrogens with zero attached hydrogens (tertiary/aromatic N) is 1. The summed E-state index contributed by atoms with van der Waals surface area (Å²) in [5.74, 6) is 0. The van der Waals surface area contributed by atoms with E-state index in [0.29, 0.717) is 0 Å². The Balaban J connectivity index is 0.000000150. The van der Waals surface area contributed by atoms with Crippen LogP contribution >= 0.6 is 54.5 Å². The van der Waals surface area contributed by atoms with Crippen molar-refractivity contribution in [3.05, 3.63) is 217 Å². The number of anilines is 3. The SMILES string of the molecule is Brc1ccc(I)cc1.Cc1ccccc1Cc1cccc2ccccc12.Cc1ccccc1N(c1ccc(Br)cc1)c1cccc2ccccc12. The van der Waals surface area contributed by atoms with Crippen molar-refractivity contribution < 1.29 is 0 Å². The van der Waals surface area contributed by atoms with Crippen molar-refractivity contribution in [3.63, 3.8) is 0 Å². The van der Waals surface area contributed by atoms with Gasteiger partial charge in [-0.15, -0.1) is 0 Å². The zero-order chi connectivity index (χ0) is 35.6. The first-order valence-electron chi connectivity index (χ1n) is 16.9. The highest BCUT2D eigenvalue weighted by Gasteiger charge is 2.16. The smallest absolute Gasteiger partial charge is 0.0540 e. The van der Waals surface area contributed by atoms with E-state index >= 15 is 0 Å². The molecule has 8 aromatic rings. The van der Waals surface area contributed by atoms with Crippen molar-refractivity contribution in [1.29, 1.82) is 0 Å². The highest BCUT2D eigenvalue weighted by atomic mass is 127. The summed E-state index contributed by atoms with van der Waals surface area (Å²) in [6.45, 7) is 4.34. The van der Waals surface area contributed by atoms with Gasteiger partial charge in [0.1, 0.15) is 0 Å². The zero-order valence-corrected chi connectivity index (χ0v) is 33.9. The molecule has 0 aliphatic carbocycles. The summed E-state index contributed by atoms with van der Waals surface area (Å²) >= 11 is 9.16. The molecule has 8 aromatic carbocycles. The standard InChI is InChI=1S/C23H18BrN.C18H16.C6H4BrI/c1-17-7-2-5-11-22(17)25(20-15-13-19(24)14-16-20)23-12-6-9-18-8-3-4-10-21(18)23;1-14-7-2-3-9-16(14)13-17-11-6-10-15-8-4-5-12-18(15)17;7-5-1-3-6(8)4-2-5/h2-16H,1H3;2-12H,13H2,1H3;1-4H. The molecule has 4 heteroatoms. The second kappa shape index (κ2) is 17.8. The molecule has 8 rings (SSSR count). The third kappa shape index (κ3) is 9.56. The van der Waals surface area contributed by atoms with E-state index in [-0.39, 0.29) is 0 Å². The third-order valence-corrected chi connectivity index (χ3v) is 10.6. The second-order valence-electron chi connectivity index (χ2n) is 12.3. The summed E-state index contributed by atoms with van der Waals surface area (Å²) in [7, 11) is 0. The normalized spacial score (nSPS) is 10.5. The largest absolute Gasteiger partial charge is 0.310 e. The van der Waals surface area contributed by atoms with Gasteiger partial charge in [0.15, 0.2) is 0 Å². The van der Waals surface area contributed by atoms with E-state index < -0.39 is 0 Å². The molecule has 0 radical (unpaired) electrons. The Bertz CT molecular complexity index is 2320. The molecule has 51 heavy (non-hydrogen) atoms. The summed E-state index contributed by atoms with van der Waals surface area (Å²) in [6.07, 6.45) is 1.01. The summed E-state index contributed by atoms with van der Waals surface area (Å²) < 4.78 is 3.49. The highest BCUT2D eigenvalue weighted by Crippen LogP contribution is 2.40. The van der Waals surface area contributed by atoms with Crippen LogP contribution in [0.15, 0.2) is 191 Å². The molecule has 0 amide bonds. The minimum atomic E-state index is 1.01. The molecular formula is C47H38Br2IN. The lowest BCUT2D eigenvalue weighted by atomic mass is 9.96.